The van der Waals surface area contributed by atoms with Gasteiger partial charge >= 0.3 is 0 Å². The summed E-state index contributed by atoms with van der Waals surface area (Å²) in [7, 11) is 0. The fraction of sp³-hybridized carbons (Fsp3) is 0.571. The molecule has 0 aromatic carbocycles. The van der Waals surface area contributed by atoms with Crippen molar-refractivity contribution in [3.05, 3.63) is 15.2 Å². The van der Waals surface area contributed by atoms with E-state index in [-0.39, 0.29) is 19.2 Å². The first-order chi connectivity index (χ1) is 7.06. The van der Waals surface area contributed by atoms with Crippen LogP contribution in [0.5, 0.6) is 0 Å². The second-order valence-corrected chi connectivity index (χ2v) is 5.96. The van der Waals surface area contributed by atoms with E-state index in [2.05, 4.69) is 20.9 Å². The molecular weight excluding hydrogens is 306 g/mol. The molecule has 5 nitrogen and oxygen atoms in total. The van der Waals surface area contributed by atoms with Crippen LogP contribution in [0.2, 0.25) is 0 Å². The number of alkyl halides is 1. The van der Waals surface area contributed by atoms with E-state index in [9.17, 15) is 10.3 Å². The summed E-state index contributed by atoms with van der Waals surface area (Å²) in [4.78, 5) is 5.68. The zero-order valence-corrected chi connectivity index (χ0v) is 10.8. The van der Waals surface area contributed by atoms with Gasteiger partial charge in [0.1, 0.15) is 6.67 Å². The van der Waals surface area contributed by atoms with Crippen LogP contribution in [0.25, 0.3) is 0 Å². The van der Waals surface area contributed by atoms with E-state index in [0.717, 1.165) is 3.79 Å². The molecule has 2 heterocycles. The van der Waals surface area contributed by atoms with Crippen molar-refractivity contribution in [2.24, 2.45) is 0 Å². The molecule has 15 heavy (non-hydrogen) atoms. The van der Waals surface area contributed by atoms with E-state index < -0.39 is 10.9 Å². The monoisotopic (exact) mass is 313 g/mol. The summed E-state index contributed by atoms with van der Waals surface area (Å²) in [6, 6.07) is 0.242. The van der Waals surface area contributed by atoms with Crippen LogP contribution in [-0.4, -0.2) is 40.4 Å². The van der Waals surface area contributed by atoms with Gasteiger partial charge in [-0.15, -0.1) is 11.6 Å². The lowest BCUT2D eigenvalue weighted by Crippen LogP contribution is -2.48. The molecule has 0 saturated carbocycles. The molecule has 2 unspecified atom stereocenters. The van der Waals surface area contributed by atoms with E-state index in [1.807, 2.05) is 0 Å². The van der Waals surface area contributed by atoms with Crippen LogP contribution in [-0.2, 0) is 0 Å². The average Bonchev–Trinajstić information content (AvgIpc) is 2.73. The molecule has 0 bridgehead atoms. The molecule has 1 aromatic heterocycles. The highest BCUT2D eigenvalue weighted by Gasteiger charge is 2.42. The topological polar surface area (TPSA) is 59.4 Å². The van der Waals surface area contributed by atoms with Crippen LogP contribution in [0.3, 0.4) is 0 Å². The number of hydroxylamine groups is 2. The Labute approximate surface area is 104 Å². The average molecular weight is 315 g/mol. The number of aliphatic hydroxyl groups excluding tert-OH is 1. The van der Waals surface area contributed by atoms with E-state index in [1.54, 1.807) is 11.1 Å². The van der Waals surface area contributed by atoms with Gasteiger partial charge in [0.15, 0.2) is 0 Å². The smallest absolute Gasteiger partial charge is 0.290 e. The van der Waals surface area contributed by atoms with Crippen LogP contribution in [0, 0.1) is 5.21 Å². The van der Waals surface area contributed by atoms with Gasteiger partial charge in [-0.25, -0.2) is 4.90 Å². The maximum Gasteiger partial charge on any atom is 0.290 e. The maximum absolute atomic E-state index is 12.3. The van der Waals surface area contributed by atoms with Crippen molar-refractivity contribution in [1.29, 1.82) is 0 Å². The van der Waals surface area contributed by atoms with Crippen molar-refractivity contribution >= 4 is 44.0 Å². The number of quaternary nitrogens is 1. The van der Waals surface area contributed by atoms with Gasteiger partial charge in [0.2, 0.25) is 6.23 Å². The predicted molar refractivity (Wildman–Crippen MR) is 63.3 cm³/mol. The summed E-state index contributed by atoms with van der Waals surface area (Å²) >= 11 is 10.1. The molecule has 0 aliphatic carbocycles. The van der Waals surface area contributed by atoms with E-state index in [0.29, 0.717) is 5.13 Å². The van der Waals surface area contributed by atoms with Crippen LogP contribution >= 0.6 is 38.9 Å². The molecule has 1 aliphatic heterocycles. The molecule has 2 rings (SSSR count). The van der Waals surface area contributed by atoms with Crippen molar-refractivity contribution in [1.82, 2.24) is 14.5 Å². The van der Waals surface area contributed by atoms with Crippen molar-refractivity contribution in [2.75, 3.05) is 19.2 Å². The number of β-amino-alcohol motifs (C(OH)–C–C–N with tert-alkyl or cyclic N) is 1. The Bertz CT molecular complexity index is 366. The normalized spacial score (nSPS) is 32.4. The second kappa shape index (κ2) is 4.25. The number of rotatable bonds is 2. The Morgan fingerprint density at radius 2 is 2.60 bits per heavy atom. The SMILES string of the molecule is [O-][N+]1(c2ncc(Br)s2)CN(CCl)CC1O. The Balaban J connectivity index is 2.27. The molecule has 8 heteroatoms. The number of thiazole rings is 1. The number of aliphatic hydroxyl groups is 1. The van der Waals surface area contributed by atoms with E-state index in [4.69, 9.17) is 11.6 Å². The molecule has 1 aliphatic rings. The quantitative estimate of drug-likeness (QED) is 0.389. The Hall–Kier alpha value is 0.240. The van der Waals surface area contributed by atoms with Gasteiger partial charge < -0.3 is 10.3 Å². The summed E-state index contributed by atoms with van der Waals surface area (Å²) in [6.07, 6.45) is 0.551. The van der Waals surface area contributed by atoms with Gasteiger partial charge in [0, 0.05) is 0 Å². The van der Waals surface area contributed by atoms with Gasteiger partial charge in [-0.05, 0) is 27.3 Å². The number of nitrogens with zero attached hydrogens (tertiary/aromatic N) is 3. The Morgan fingerprint density at radius 3 is 3.07 bits per heavy atom. The first-order valence-corrected chi connectivity index (χ1v) is 6.37. The summed E-state index contributed by atoms with van der Waals surface area (Å²) in [6.45, 7) is 0.425. The molecule has 2 atom stereocenters. The third kappa shape index (κ3) is 2.05. The fourth-order valence-electron chi connectivity index (χ4n) is 1.51. The summed E-state index contributed by atoms with van der Waals surface area (Å²) in [5.74, 6) is 0. The molecule has 0 amide bonds. The van der Waals surface area contributed by atoms with Gasteiger partial charge in [-0.1, -0.05) is 0 Å². The number of aromatic nitrogens is 1. The predicted octanol–water partition coefficient (Wildman–Crippen LogP) is 1.50. The van der Waals surface area contributed by atoms with Crippen molar-refractivity contribution < 1.29 is 5.11 Å². The van der Waals surface area contributed by atoms with Crippen LogP contribution < -0.4 is 4.65 Å². The van der Waals surface area contributed by atoms with Crippen LogP contribution in [0.4, 0.5) is 5.13 Å². The Morgan fingerprint density at radius 1 is 1.87 bits per heavy atom. The summed E-state index contributed by atoms with van der Waals surface area (Å²) in [5.41, 5.74) is 0. The fourth-order valence-corrected chi connectivity index (χ4v) is 2.94. The third-order valence-corrected chi connectivity index (χ3v) is 4.20. The zero-order chi connectivity index (χ0) is 11.1. The van der Waals surface area contributed by atoms with Crippen LogP contribution in [0.1, 0.15) is 0 Å². The zero-order valence-electron chi connectivity index (χ0n) is 7.64. The highest BCUT2D eigenvalue weighted by atomic mass is 79.9. The van der Waals surface area contributed by atoms with Gasteiger partial charge in [-0.2, -0.15) is 4.98 Å². The largest absolute Gasteiger partial charge is 0.623 e. The highest BCUT2D eigenvalue weighted by molar-refractivity contribution is 9.11. The maximum atomic E-state index is 12.3. The van der Waals surface area contributed by atoms with E-state index in [1.165, 1.54) is 11.3 Å². The highest BCUT2D eigenvalue weighted by Crippen LogP contribution is 2.35. The van der Waals surface area contributed by atoms with Gasteiger partial charge in [-0.3, -0.25) is 4.65 Å². The molecule has 1 saturated heterocycles. The van der Waals surface area contributed by atoms with E-state index >= 15 is 0 Å². The van der Waals surface area contributed by atoms with Crippen LogP contribution in [0.15, 0.2) is 9.98 Å². The standard InChI is InChI=1S/C7H9BrClN3O2S/c8-5-1-10-7(15-5)12(14)4-11(3-9)2-6(12)13/h1,6,13H,2-4H2. The first kappa shape index (κ1) is 11.7. The number of hydrogen-bond donors (Lipinski definition) is 1. The Kier molecular flexibility index (Phi) is 3.32. The van der Waals surface area contributed by atoms with Gasteiger partial charge in [0.05, 0.1) is 22.5 Å². The van der Waals surface area contributed by atoms with Crippen molar-refractivity contribution in [3.63, 3.8) is 0 Å². The van der Waals surface area contributed by atoms with Crippen molar-refractivity contribution in [3.8, 4) is 0 Å². The molecule has 1 aromatic rings. The second-order valence-electron chi connectivity index (χ2n) is 3.34. The molecule has 1 N–H and O–H groups in total. The number of halogens is 2. The van der Waals surface area contributed by atoms with Gasteiger partial charge in [0.25, 0.3) is 5.13 Å². The molecule has 1 fully saturated rings. The lowest BCUT2D eigenvalue weighted by atomic mass is 10.5. The summed E-state index contributed by atoms with van der Waals surface area (Å²) in [5, 5.41) is 22.4. The third-order valence-electron chi connectivity index (χ3n) is 2.27. The minimum absolute atomic E-state index is 0.143. The molecular formula is C7H9BrClN3O2S. The molecule has 84 valence electrons. The van der Waals surface area contributed by atoms with Crippen molar-refractivity contribution in [2.45, 2.75) is 6.23 Å². The summed E-state index contributed by atoms with van der Waals surface area (Å²) < 4.78 is -0.0504. The molecule has 0 spiro atoms. The minimum atomic E-state index is -1.01. The molecule has 0 radical (unpaired) electrons. The first-order valence-electron chi connectivity index (χ1n) is 4.23. The number of hydrogen-bond acceptors (Lipinski definition) is 5. The lowest BCUT2D eigenvalue weighted by molar-refractivity contribution is 0.0847. The minimum Gasteiger partial charge on any atom is -0.623 e. The lowest BCUT2D eigenvalue weighted by Gasteiger charge is -2.36.